The molecule has 5 nitrogen and oxygen atoms in total. The maximum atomic E-state index is 12.1. The molecule has 1 heterocycles. The Labute approximate surface area is 121 Å². The molecule has 114 valence electrons. The topological polar surface area (TPSA) is 69.6 Å². The summed E-state index contributed by atoms with van der Waals surface area (Å²) < 4.78 is 0. The molecule has 0 saturated heterocycles. The second-order valence-electron chi connectivity index (χ2n) is 6.68. The SMILES string of the molecule is CC(C)[C@H](NC(=O)N1CC=C(C(C)(C)C)CC1)C(=O)O. The monoisotopic (exact) mass is 282 g/mol. The van der Waals surface area contributed by atoms with Gasteiger partial charge >= 0.3 is 12.0 Å². The van der Waals surface area contributed by atoms with Crippen molar-refractivity contribution in [2.24, 2.45) is 11.3 Å². The number of hydrogen-bond acceptors (Lipinski definition) is 2. The molecule has 0 aromatic rings. The highest BCUT2D eigenvalue weighted by Crippen LogP contribution is 2.30. The van der Waals surface area contributed by atoms with Crippen LogP contribution in [0.3, 0.4) is 0 Å². The van der Waals surface area contributed by atoms with Gasteiger partial charge in [-0.05, 0) is 17.8 Å². The van der Waals surface area contributed by atoms with E-state index in [1.165, 1.54) is 5.57 Å². The fourth-order valence-electron chi connectivity index (χ4n) is 2.27. The summed E-state index contributed by atoms with van der Waals surface area (Å²) in [4.78, 5) is 24.9. The summed E-state index contributed by atoms with van der Waals surface area (Å²) in [5.74, 6) is -1.13. The minimum absolute atomic E-state index is 0.129. The molecule has 20 heavy (non-hydrogen) atoms. The van der Waals surface area contributed by atoms with E-state index in [0.29, 0.717) is 13.1 Å². The maximum Gasteiger partial charge on any atom is 0.326 e. The van der Waals surface area contributed by atoms with Crippen LogP contribution in [0.5, 0.6) is 0 Å². The quantitative estimate of drug-likeness (QED) is 0.781. The Morgan fingerprint density at radius 2 is 1.95 bits per heavy atom. The van der Waals surface area contributed by atoms with E-state index in [-0.39, 0.29) is 17.4 Å². The van der Waals surface area contributed by atoms with E-state index in [9.17, 15) is 9.59 Å². The van der Waals surface area contributed by atoms with Gasteiger partial charge < -0.3 is 15.3 Å². The van der Waals surface area contributed by atoms with Crippen molar-refractivity contribution >= 4 is 12.0 Å². The van der Waals surface area contributed by atoms with Crippen LogP contribution in [0.15, 0.2) is 11.6 Å². The van der Waals surface area contributed by atoms with Gasteiger partial charge in [-0.1, -0.05) is 46.3 Å². The van der Waals surface area contributed by atoms with Crippen molar-refractivity contribution < 1.29 is 14.7 Å². The highest BCUT2D eigenvalue weighted by molar-refractivity contribution is 5.83. The lowest BCUT2D eigenvalue weighted by molar-refractivity contribution is -0.140. The number of urea groups is 1. The molecular weight excluding hydrogens is 256 g/mol. The molecule has 0 fully saturated rings. The van der Waals surface area contributed by atoms with Crippen molar-refractivity contribution in [3.63, 3.8) is 0 Å². The molecule has 2 N–H and O–H groups in total. The van der Waals surface area contributed by atoms with Crippen LogP contribution in [0.2, 0.25) is 0 Å². The Kier molecular flexibility index (Phi) is 5.20. The number of carboxylic acid groups (broad SMARTS) is 1. The van der Waals surface area contributed by atoms with Crippen molar-refractivity contribution in [3.05, 3.63) is 11.6 Å². The standard InChI is InChI=1S/C15H26N2O3/c1-10(2)12(13(18)19)16-14(20)17-8-6-11(7-9-17)15(3,4)5/h6,10,12H,7-9H2,1-5H3,(H,16,20)(H,18,19)/t12-/m0/s1. The van der Waals surface area contributed by atoms with Gasteiger partial charge in [-0.3, -0.25) is 0 Å². The predicted octanol–water partition coefficient (Wildman–Crippen LogP) is 2.48. The van der Waals surface area contributed by atoms with Gasteiger partial charge in [0, 0.05) is 13.1 Å². The van der Waals surface area contributed by atoms with Crippen molar-refractivity contribution in [2.45, 2.75) is 47.1 Å². The molecule has 1 rings (SSSR count). The lowest BCUT2D eigenvalue weighted by Gasteiger charge is -2.33. The Bertz CT molecular complexity index is 408. The average Bonchev–Trinajstić information content (AvgIpc) is 2.34. The van der Waals surface area contributed by atoms with Crippen LogP contribution in [0, 0.1) is 11.3 Å². The Balaban J connectivity index is 2.63. The molecule has 0 radical (unpaired) electrons. The lowest BCUT2D eigenvalue weighted by atomic mass is 9.83. The summed E-state index contributed by atoms with van der Waals surface area (Å²) in [6.45, 7) is 11.2. The van der Waals surface area contributed by atoms with Gasteiger partial charge in [0.15, 0.2) is 0 Å². The Hall–Kier alpha value is -1.52. The first-order valence-corrected chi connectivity index (χ1v) is 7.10. The molecule has 1 aliphatic rings. The first-order chi connectivity index (χ1) is 9.12. The lowest BCUT2D eigenvalue weighted by Crippen LogP contribution is -2.51. The predicted molar refractivity (Wildman–Crippen MR) is 78.5 cm³/mol. The van der Waals surface area contributed by atoms with Crippen molar-refractivity contribution in [1.82, 2.24) is 10.2 Å². The first kappa shape index (κ1) is 16.5. The van der Waals surface area contributed by atoms with Gasteiger partial charge in [-0.25, -0.2) is 9.59 Å². The maximum absolute atomic E-state index is 12.1. The normalized spacial score (nSPS) is 17.7. The zero-order chi connectivity index (χ0) is 15.5. The van der Waals surface area contributed by atoms with E-state index >= 15 is 0 Å². The number of hydrogen-bond donors (Lipinski definition) is 2. The number of nitrogens with one attached hydrogen (secondary N) is 1. The number of carboxylic acids is 1. The van der Waals surface area contributed by atoms with Gasteiger partial charge in [-0.15, -0.1) is 0 Å². The van der Waals surface area contributed by atoms with Crippen LogP contribution in [0.1, 0.15) is 41.0 Å². The summed E-state index contributed by atoms with van der Waals surface area (Å²) in [7, 11) is 0. The van der Waals surface area contributed by atoms with E-state index in [0.717, 1.165) is 6.42 Å². The number of rotatable bonds is 3. The second-order valence-corrected chi connectivity index (χ2v) is 6.68. The third-order valence-electron chi connectivity index (χ3n) is 3.67. The molecule has 0 aromatic heterocycles. The van der Waals surface area contributed by atoms with Crippen LogP contribution in [0.25, 0.3) is 0 Å². The molecule has 0 bridgehead atoms. The molecule has 0 spiro atoms. The number of nitrogens with zero attached hydrogens (tertiary/aromatic N) is 1. The minimum atomic E-state index is -0.990. The zero-order valence-electron chi connectivity index (χ0n) is 13.1. The summed E-state index contributed by atoms with van der Waals surface area (Å²) in [5, 5.41) is 11.7. The third kappa shape index (κ3) is 4.25. The van der Waals surface area contributed by atoms with Gasteiger partial charge in [-0.2, -0.15) is 0 Å². The van der Waals surface area contributed by atoms with E-state index in [1.54, 1.807) is 18.7 Å². The fraction of sp³-hybridized carbons (Fsp3) is 0.733. The average molecular weight is 282 g/mol. The Morgan fingerprint density at radius 3 is 2.30 bits per heavy atom. The number of carbonyl (C=O) groups is 2. The van der Waals surface area contributed by atoms with E-state index in [1.807, 2.05) is 0 Å². The van der Waals surface area contributed by atoms with E-state index in [2.05, 4.69) is 32.2 Å². The molecule has 2 amide bonds. The molecule has 1 aliphatic heterocycles. The molecule has 0 saturated carbocycles. The largest absolute Gasteiger partial charge is 0.480 e. The molecule has 1 atom stereocenters. The highest BCUT2D eigenvalue weighted by Gasteiger charge is 2.28. The molecule has 5 heteroatoms. The van der Waals surface area contributed by atoms with Crippen molar-refractivity contribution in [3.8, 4) is 0 Å². The minimum Gasteiger partial charge on any atom is -0.480 e. The van der Waals surface area contributed by atoms with Gasteiger partial charge in [0.05, 0.1) is 0 Å². The van der Waals surface area contributed by atoms with Crippen LogP contribution in [-0.2, 0) is 4.79 Å². The van der Waals surface area contributed by atoms with Crippen LogP contribution >= 0.6 is 0 Å². The van der Waals surface area contributed by atoms with E-state index in [4.69, 9.17) is 5.11 Å². The summed E-state index contributed by atoms with van der Waals surface area (Å²) in [6, 6.07) is -1.13. The van der Waals surface area contributed by atoms with Gasteiger partial charge in [0.1, 0.15) is 6.04 Å². The number of aliphatic carboxylic acids is 1. The van der Waals surface area contributed by atoms with Crippen LogP contribution in [-0.4, -0.2) is 41.1 Å². The molecule has 0 aliphatic carbocycles. The van der Waals surface area contributed by atoms with E-state index < -0.39 is 12.0 Å². The highest BCUT2D eigenvalue weighted by atomic mass is 16.4. The molecular formula is C15H26N2O3. The smallest absolute Gasteiger partial charge is 0.326 e. The van der Waals surface area contributed by atoms with Crippen molar-refractivity contribution in [2.75, 3.05) is 13.1 Å². The Morgan fingerprint density at radius 1 is 1.35 bits per heavy atom. The zero-order valence-corrected chi connectivity index (χ0v) is 13.1. The molecule has 0 aromatic carbocycles. The van der Waals surface area contributed by atoms with Crippen LogP contribution < -0.4 is 5.32 Å². The third-order valence-corrected chi connectivity index (χ3v) is 3.67. The second kappa shape index (κ2) is 6.29. The van der Waals surface area contributed by atoms with Gasteiger partial charge in [0.25, 0.3) is 0 Å². The number of amides is 2. The van der Waals surface area contributed by atoms with Crippen molar-refractivity contribution in [1.29, 1.82) is 0 Å². The summed E-state index contributed by atoms with van der Waals surface area (Å²) in [6.07, 6.45) is 2.92. The van der Waals surface area contributed by atoms with Crippen LogP contribution in [0.4, 0.5) is 4.79 Å². The summed E-state index contributed by atoms with van der Waals surface area (Å²) in [5.41, 5.74) is 1.48. The fourth-order valence-corrected chi connectivity index (χ4v) is 2.27. The number of carbonyl (C=O) groups excluding carboxylic acids is 1. The first-order valence-electron chi connectivity index (χ1n) is 7.10. The molecule has 0 unspecified atom stereocenters. The summed E-state index contributed by atoms with van der Waals surface area (Å²) >= 11 is 0. The van der Waals surface area contributed by atoms with Gasteiger partial charge in [0.2, 0.25) is 0 Å².